The summed E-state index contributed by atoms with van der Waals surface area (Å²) in [5.74, 6) is 0.520. The van der Waals surface area contributed by atoms with E-state index in [-0.39, 0.29) is 5.82 Å². The Labute approximate surface area is 97.1 Å². The van der Waals surface area contributed by atoms with Crippen LogP contribution in [-0.4, -0.2) is 14.9 Å². The molecule has 0 amide bonds. The number of H-pyrrole nitrogens is 1. The minimum Gasteiger partial charge on any atom is -0.318 e. The molecule has 6 heteroatoms. The standard InChI is InChI=1S/C10H11FN4S/c1-7-13-14-10(16)15(7)12-6-8-2-4-9(11)5-3-8/h2-5,12H,6H2,1H3,(H,14,16). The van der Waals surface area contributed by atoms with E-state index in [4.69, 9.17) is 12.2 Å². The highest BCUT2D eigenvalue weighted by atomic mass is 32.1. The number of nitrogens with zero attached hydrogens (tertiary/aromatic N) is 2. The normalized spacial score (nSPS) is 10.4. The molecule has 0 aliphatic carbocycles. The van der Waals surface area contributed by atoms with E-state index in [1.807, 2.05) is 6.92 Å². The molecule has 84 valence electrons. The smallest absolute Gasteiger partial charge is 0.214 e. The van der Waals surface area contributed by atoms with Crippen LogP contribution >= 0.6 is 12.2 Å². The topological polar surface area (TPSA) is 45.6 Å². The first kappa shape index (κ1) is 10.8. The number of rotatable bonds is 3. The van der Waals surface area contributed by atoms with Crippen molar-refractivity contribution in [3.63, 3.8) is 0 Å². The fourth-order valence-electron chi connectivity index (χ4n) is 1.33. The second-order valence-corrected chi connectivity index (χ2v) is 3.76. The van der Waals surface area contributed by atoms with Gasteiger partial charge in [0.05, 0.1) is 6.54 Å². The van der Waals surface area contributed by atoms with Crippen molar-refractivity contribution in [3.8, 4) is 0 Å². The van der Waals surface area contributed by atoms with Gasteiger partial charge in [-0.2, -0.15) is 5.10 Å². The van der Waals surface area contributed by atoms with E-state index in [2.05, 4.69) is 15.6 Å². The van der Waals surface area contributed by atoms with Crippen LogP contribution in [0.15, 0.2) is 24.3 Å². The second-order valence-electron chi connectivity index (χ2n) is 3.37. The van der Waals surface area contributed by atoms with E-state index in [1.54, 1.807) is 16.8 Å². The van der Waals surface area contributed by atoms with Crippen molar-refractivity contribution in [2.24, 2.45) is 0 Å². The number of benzene rings is 1. The predicted molar refractivity (Wildman–Crippen MR) is 61.6 cm³/mol. The molecule has 0 spiro atoms. The van der Waals surface area contributed by atoms with E-state index in [0.717, 1.165) is 11.4 Å². The Morgan fingerprint density at radius 2 is 2.12 bits per heavy atom. The van der Waals surface area contributed by atoms with Gasteiger partial charge in [0.25, 0.3) is 0 Å². The van der Waals surface area contributed by atoms with Crippen molar-refractivity contribution < 1.29 is 4.39 Å². The molecule has 0 bridgehead atoms. The third-order valence-corrected chi connectivity index (χ3v) is 2.47. The number of halogens is 1. The van der Waals surface area contributed by atoms with Gasteiger partial charge in [0.15, 0.2) is 0 Å². The monoisotopic (exact) mass is 238 g/mol. The molecule has 2 N–H and O–H groups in total. The molecule has 0 radical (unpaired) electrons. The van der Waals surface area contributed by atoms with E-state index < -0.39 is 0 Å². The SMILES string of the molecule is Cc1n[nH]c(=S)n1NCc1ccc(F)cc1. The highest BCUT2D eigenvalue weighted by Crippen LogP contribution is 2.03. The summed E-state index contributed by atoms with van der Waals surface area (Å²) >= 11 is 5.03. The Morgan fingerprint density at radius 3 is 2.69 bits per heavy atom. The quantitative estimate of drug-likeness (QED) is 0.805. The van der Waals surface area contributed by atoms with Crippen LogP contribution in [0, 0.1) is 17.5 Å². The average Bonchev–Trinajstić information content (AvgIpc) is 2.59. The number of hydrogen-bond donors (Lipinski definition) is 2. The van der Waals surface area contributed by atoms with Gasteiger partial charge in [-0.3, -0.25) is 5.10 Å². The van der Waals surface area contributed by atoms with Gasteiger partial charge in [-0.15, -0.1) is 0 Å². The molecule has 1 aromatic heterocycles. The second kappa shape index (κ2) is 4.44. The fourth-order valence-corrected chi connectivity index (χ4v) is 1.58. The van der Waals surface area contributed by atoms with Gasteiger partial charge < -0.3 is 5.43 Å². The molecule has 0 saturated carbocycles. The Morgan fingerprint density at radius 1 is 1.44 bits per heavy atom. The Balaban J connectivity index is 2.08. The van der Waals surface area contributed by atoms with E-state index in [9.17, 15) is 4.39 Å². The van der Waals surface area contributed by atoms with Crippen molar-refractivity contribution in [3.05, 3.63) is 46.2 Å². The molecule has 2 aromatic rings. The predicted octanol–water partition coefficient (Wildman–Crippen LogP) is 2.13. The molecule has 4 nitrogen and oxygen atoms in total. The van der Waals surface area contributed by atoms with Crippen LogP contribution in [0.4, 0.5) is 4.39 Å². The first-order valence-corrected chi connectivity index (χ1v) is 5.20. The van der Waals surface area contributed by atoms with Crippen LogP contribution < -0.4 is 5.43 Å². The third kappa shape index (κ3) is 2.27. The van der Waals surface area contributed by atoms with Crippen molar-refractivity contribution in [2.75, 3.05) is 5.43 Å². The van der Waals surface area contributed by atoms with E-state index >= 15 is 0 Å². The molecule has 0 aliphatic rings. The molecular weight excluding hydrogens is 227 g/mol. The van der Waals surface area contributed by atoms with Crippen LogP contribution in [0.3, 0.4) is 0 Å². The van der Waals surface area contributed by atoms with Gasteiger partial charge in [0.1, 0.15) is 11.6 Å². The summed E-state index contributed by atoms with van der Waals surface area (Å²) in [5.41, 5.74) is 4.07. The summed E-state index contributed by atoms with van der Waals surface area (Å²) in [6.07, 6.45) is 0. The zero-order valence-corrected chi connectivity index (χ0v) is 9.51. The number of nitrogens with one attached hydrogen (secondary N) is 2. The van der Waals surface area contributed by atoms with Crippen molar-refractivity contribution in [2.45, 2.75) is 13.5 Å². The molecule has 16 heavy (non-hydrogen) atoms. The zero-order valence-electron chi connectivity index (χ0n) is 8.70. The van der Waals surface area contributed by atoms with Gasteiger partial charge in [-0.05, 0) is 36.8 Å². The summed E-state index contributed by atoms with van der Waals surface area (Å²) in [6.45, 7) is 2.40. The number of aromatic nitrogens is 3. The summed E-state index contributed by atoms with van der Waals surface area (Å²) in [4.78, 5) is 0. The maximum absolute atomic E-state index is 12.7. The summed E-state index contributed by atoms with van der Waals surface area (Å²) < 4.78 is 14.9. The third-order valence-electron chi connectivity index (χ3n) is 2.19. The Bertz CT molecular complexity index is 528. The highest BCUT2D eigenvalue weighted by molar-refractivity contribution is 7.71. The zero-order chi connectivity index (χ0) is 11.5. The number of hydrogen-bond acceptors (Lipinski definition) is 3. The van der Waals surface area contributed by atoms with E-state index in [1.165, 1.54) is 12.1 Å². The van der Waals surface area contributed by atoms with Gasteiger partial charge in [0.2, 0.25) is 4.77 Å². The minimum atomic E-state index is -0.236. The molecule has 0 atom stereocenters. The molecular formula is C10H11FN4S. The summed E-state index contributed by atoms with van der Waals surface area (Å²) in [7, 11) is 0. The summed E-state index contributed by atoms with van der Waals surface area (Å²) in [5, 5.41) is 6.64. The van der Waals surface area contributed by atoms with Gasteiger partial charge in [-0.25, -0.2) is 9.07 Å². The molecule has 0 fully saturated rings. The van der Waals surface area contributed by atoms with Crippen molar-refractivity contribution in [1.29, 1.82) is 0 Å². The maximum Gasteiger partial charge on any atom is 0.214 e. The van der Waals surface area contributed by atoms with E-state index in [0.29, 0.717) is 11.3 Å². The van der Waals surface area contributed by atoms with Crippen LogP contribution in [-0.2, 0) is 6.54 Å². The highest BCUT2D eigenvalue weighted by Gasteiger charge is 1.99. The lowest BCUT2D eigenvalue weighted by molar-refractivity contribution is 0.627. The van der Waals surface area contributed by atoms with Crippen LogP contribution in [0.25, 0.3) is 0 Å². The molecule has 2 rings (SSSR count). The largest absolute Gasteiger partial charge is 0.318 e. The van der Waals surface area contributed by atoms with Crippen molar-refractivity contribution in [1.82, 2.24) is 14.9 Å². The molecule has 1 heterocycles. The lowest BCUT2D eigenvalue weighted by Gasteiger charge is -2.07. The maximum atomic E-state index is 12.7. The lowest BCUT2D eigenvalue weighted by Crippen LogP contribution is -2.15. The fraction of sp³-hybridized carbons (Fsp3) is 0.200. The first-order chi connectivity index (χ1) is 7.66. The average molecular weight is 238 g/mol. The van der Waals surface area contributed by atoms with Gasteiger partial charge in [0, 0.05) is 0 Å². The number of aryl methyl sites for hydroxylation is 1. The lowest BCUT2D eigenvalue weighted by atomic mass is 10.2. The molecule has 1 aromatic carbocycles. The first-order valence-electron chi connectivity index (χ1n) is 4.79. The van der Waals surface area contributed by atoms with Crippen LogP contribution in [0.5, 0.6) is 0 Å². The molecule has 0 saturated heterocycles. The molecule has 0 unspecified atom stereocenters. The van der Waals surface area contributed by atoms with Gasteiger partial charge >= 0.3 is 0 Å². The van der Waals surface area contributed by atoms with Crippen LogP contribution in [0.1, 0.15) is 11.4 Å². The molecule has 0 aliphatic heterocycles. The summed E-state index contributed by atoms with van der Waals surface area (Å²) in [6, 6.07) is 6.31. The number of aromatic amines is 1. The van der Waals surface area contributed by atoms with Crippen molar-refractivity contribution >= 4 is 12.2 Å². The van der Waals surface area contributed by atoms with Crippen LogP contribution in [0.2, 0.25) is 0 Å². The minimum absolute atomic E-state index is 0.236. The Kier molecular flexibility index (Phi) is 3.00. The van der Waals surface area contributed by atoms with Gasteiger partial charge in [-0.1, -0.05) is 12.1 Å². The Hall–Kier alpha value is -1.69.